The minimum atomic E-state index is -0.652. The van der Waals surface area contributed by atoms with Crippen molar-refractivity contribution in [3.8, 4) is 0 Å². The number of thiocarbonyl (C=S) groups is 1. The second-order valence-corrected chi connectivity index (χ2v) is 13.8. The largest absolute Gasteiger partial charge is 0.353 e. The highest BCUT2D eigenvalue weighted by molar-refractivity contribution is 7.82. The summed E-state index contributed by atoms with van der Waals surface area (Å²) in [5.74, 6) is -2.14. The molecule has 228 valence electrons. The van der Waals surface area contributed by atoms with Crippen molar-refractivity contribution in [2.24, 2.45) is 11.8 Å². The number of piperidine rings is 1. The lowest BCUT2D eigenvalue weighted by molar-refractivity contribution is -0.148. The minimum absolute atomic E-state index is 0.0116. The Morgan fingerprint density at radius 1 is 0.900 bits per heavy atom. The van der Waals surface area contributed by atoms with Crippen molar-refractivity contribution in [1.82, 2.24) is 21.1 Å². The number of rotatable bonds is 17. The Bertz CT molecular complexity index is 888. The monoisotopic (exact) mass is 578 g/mol. The van der Waals surface area contributed by atoms with E-state index in [0.29, 0.717) is 19.3 Å². The normalized spacial score (nSPS) is 21.5. The van der Waals surface area contributed by atoms with Gasteiger partial charge in [-0.05, 0) is 65.7 Å². The van der Waals surface area contributed by atoms with E-state index in [1.165, 1.54) is 38.5 Å². The van der Waals surface area contributed by atoms with Gasteiger partial charge in [-0.25, -0.2) is 0 Å². The van der Waals surface area contributed by atoms with E-state index in [2.05, 4.69) is 50.7 Å². The van der Waals surface area contributed by atoms with Crippen LogP contribution in [0.5, 0.6) is 0 Å². The van der Waals surface area contributed by atoms with Gasteiger partial charge in [-0.3, -0.25) is 24.6 Å². The molecule has 0 bridgehead atoms. The fraction of sp³-hybridized carbons (Fsp3) is 0.839. The Morgan fingerprint density at radius 3 is 2.00 bits per heavy atom. The van der Waals surface area contributed by atoms with E-state index in [-0.39, 0.29) is 40.2 Å². The predicted octanol–water partition coefficient (Wildman–Crippen LogP) is 5.53. The van der Waals surface area contributed by atoms with Gasteiger partial charge in [-0.1, -0.05) is 77.4 Å². The molecule has 3 N–H and O–H groups in total. The molecule has 2 unspecified atom stereocenters. The number of carbonyl (C=O) groups is 4. The van der Waals surface area contributed by atoms with Gasteiger partial charge in [0, 0.05) is 30.0 Å². The molecule has 2 fully saturated rings. The molecule has 2 saturated heterocycles. The number of hydrazine groups is 1. The summed E-state index contributed by atoms with van der Waals surface area (Å²) in [6, 6.07) is 0.115. The van der Waals surface area contributed by atoms with Gasteiger partial charge in [0.05, 0.1) is 10.8 Å². The van der Waals surface area contributed by atoms with Gasteiger partial charge in [-0.2, -0.15) is 5.01 Å². The molecule has 2 atom stereocenters. The maximum Gasteiger partial charge on any atom is 0.287 e. The topological polar surface area (TPSA) is 108 Å². The lowest BCUT2D eigenvalue weighted by Crippen LogP contribution is -2.62. The SMILES string of the molecule is CCCCCCCCCCC(C)C1C(=O)N(NC(=O)CCCCC(=O)NC2CC(C)(C)NC(C)(C)C2)C(=O)C1=S. The summed E-state index contributed by atoms with van der Waals surface area (Å²) >= 11 is 5.33. The summed E-state index contributed by atoms with van der Waals surface area (Å²) in [6.45, 7) is 12.8. The molecule has 0 spiro atoms. The second kappa shape index (κ2) is 15.9. The molecule has 2 rings (SSSR count). The third kappa shape index (κ3) is 11.2. The van der Waals surface area contributed by atoms with E-state index in [1.54, 1.807) is 0 Å². The van der Waals surface area contributed by atoms with Gasteiger partial charge in [0.25, 0.3) is 11.8 Å². The standard InChI is InChI=1S/C31H54N4O4S/c1-7-8-9-10-11-12-13-14-17-22(2)26-27(40)29(39)35(28(26)38)33-25(37)19-16-15-18-24(36)32-23-20-30(3,4)34-31(5,6)21-23/h22-23,26,34H,7-21H2,1-6H3,(H,32,36)(H,33,37). The summed E-state index contributed by atoms with van der Waals surface area (Å²) in [5, 5.41) is 7.57. The summed E-state index contributed by atoms with van der Waals surface area (Å²) in [5.41, 5.74) is 2.37. The molecule has 0 radical (unpaired) electrons. The van der Waals surface area contributed by atoms with Crippen LogP contribution < -0.4 is 16.1 Å². The highest BCUT2D eigenvalue weighted by Gasteiger charge is 2.47. The molecular weight excluding hydrogens is 524 g/mol. The van der Waals surface area contributed by atoms with Crippen molar-refractivity contribution in [3.05, 3.63) is 0 Å². The van der Waals surface area contributed by atoms with Gasteiger partial charge in [-0.15, -0.1) is 0 Å². The van der Waals surface area contributed by atoms with E-state index >= 15 is 0 Å². The van der Waals surface area contributed by atoms with Crippen LogP contribution in [0.15, 0.2) is 0 Å². The lowest BCUT2D eigenvalue weighted by atomic mass is 9.79. The Morgan fingerprint density at radius 2 is 1.43 bits per heavy atom. The zero-order chi connectivity index (χ0) is 29.9. The molecule has 2 heterocycles. The van der Waals surface area contributed by atoms with Crippen LogP contribution in [0.3, 0.4) is 0 Å². The van der Waals surface area contributed by atoms with E-state index in [0.717, 1.165) is 37.1 Å². The third-order valence-corrected chi connectivity index (χ3v) is 8.54. The van der Waals surface area contributed by atoms with Crippen LogP contribution in [0.25, 0.3) is 0 Å². The fourth-order valence-electron chi connectivity index (χ4n) is 6.44. The van der Waals surface area contributed by atoms with Gasteiger partial charge in [0.15, 0.2) is 0 Å². The van der Waals surface area contributed by atoms with Crippen molar-refractivity contribution in [2.45, 2.75) is 155 Å². The highest BCUT2D eigenvalue weighted by atomic mass is 32.1. The predicted molar refractivity (Wildman–Crippen MR) is 163 cm³/mol. The number of carbonyl (C=O) groups excluding carboxylic acids is 4. The van der Waals surface area contributed by atoms with Crippen LogP contribution in [0, 0.1) is 11.8 Å². The first-order valence-electron chi connectivity index (χ1n) is 15.6. The molecule has 0 aromatic carbocycles. The van der Waals surface area contributed by atoms with Crippen LogP contribution in [0.2, 0.25) is 0 Å². The Labute approximate surface area is 247 Å². The minimum Gasteiger partial charge on any atom is -0.353 e. The molecule has 0 saturated carbocycles. The Kier molecular flexibility index (Phi) is 13.7. The van der Waals surface area contributed by atoms with Crippen LogP contribution >= 0.6 is 12.2 Å². The molecule has 9 heteroatoms. The van der Waals surface area contributed by atoms with E-state index in [1.807, 2.05) is 6.92 Å². The molecule has 0 aromatic heterocycles. The molecule has 8 nitrogen and oxygen atoms in total. The molecule has 2 aliphatic rings. The maximum atomic E-state index is 13.0. The van der Waals surface area contributed by atoms with E-state index in [4.69, 9.17) is 12.2 Å². The number of hydrogen-bond donors (Lipinski definition) is 3. The lowest BCUT2D eigenvalue weighted by Gasteiger charge is -2.46. The highest BCUT2D eigenvalue weighted by Crippen LogP contribution is 2.29. The first-order chi connectivity index (χ1) is 18.8. The third-order valence-electron chi connectivity index (χ3n) is 8.11. The summed E-state index contributed by atoms with van der Waals surface area (Å²) in [6.07, 6.45) is 13.7. The number of nitrogens with one attached hydrogen (secondary N) is 3. The molecule has 4 amide bonds. The Hall–Kier alpha value is -1.87. The van der Waals surface area contributed by atoms with Gasteiger partial charge in [0.1, 0.15) is 0 Å². The quantitative estimate of drug-likeness (QED) is 0.119. The Balaban J connectivity index is 1.68. The zero-order valence-corrected chi connectivity index (χ0v) is 26.6. The fourth-order valence-corrected chi connectivity index (χ4v) is 6.87. The zero-order valence-electron chi connectivity index (χ0n) is 25.8. The maximum absolute atomic E-state index is 13.0. The summed E-state index contributed by atoms with van der Waals surface area (Å²) in [4.78, 5) is 50.7. The number of amides is 4. The van der Waals surface area contributed by atoms with Crippen molar-refractivity contribution < 1.29 is 19.2 Å². The van der Waals surface area contributed by atoms with Crippen LogP contribution in [-0.4, -0.2) is 50.6 Å². The van der Waals surface area contributed by atoms with E-state index in [9.17, 15) is 19.2 Å². The molecule has 0 aromatic rings. The average molecular weight is 579 g/mol. The summed E-state index contributed by atoms with van der Waals surface area (Å²) < 4.78 is 0. The van der Waals surface area contributed by atoms with Crippen LogP contribution in [-0.2, 0) is 19.2 Å². The molecule has 0 aliphatic carbocycles. The summed E-state index contributed by atoms with van der Waals surface area (Å²) in [7, 11) is 0. The first-order valence-corrected chi connectivity index (χ1v) is 16.0. The second-order valence-electron chi connectivity index (χ2n) is 13.4. The van der Waals surface area contributed by atoms with Gasteiger partial charge < -0.3 is 10.6 Å². The average Bonchev–Trinajstić information content (AvgIpc) is 3.04. The van der Waals surface area contributed by atoms with Gasteiger partial charge >= 0.3 is 0 Å². The van der Waals surface area contributed by atoms with Crippen molar-refractivity contribution in [2.75, 3.05) is 0 Å². The van der Waals surface area contributed by atoms with Crippen molar-refractivity contribution in [1.29, 1.82) is 0 Å². The van der Waals surface area contributed by atoms with Crippen LogP contribution in [0.1, 0.15) is 138 Å². The smallest absolute Gasteiger partial charge is 0.287 e. The molecular formula is C31H54N4O4S. The van der Waals surface area contributed by atoms with Crippen molar-refractivity contribution >= 4 is 40.7 Å². The van der Waals surface area contributed by atoms with E-state index < -0.39 is 23.6 Å². The van der Waals surface area contributed by atoms with Crippen molar-refractivity contribution in [3.63, 3.8) is 0 Å². The van der Waals surface area contributed by atoms with Gasteiger partial charge in [0.2, 0.25) is 11.8 Å². The number of unbranched alkanes of at least 4 members (excludes halogenated alkanes) is 8. The molecule has 40 heavy (non-hydrogen) atoms. The number of nitrogens with zero attached hydrogens (tertiary/aromatic N) is 1. The number of imide groups is 1. The number of hydrogen-bond acceptors (Lipinski definition) is 6. The van der Waals surface area contributed by atoms with Crippen LogP contribution in [0.4, 0.5) is 0 Å². The molecule has 2 aliphatic heterocycles. The first kappa shape index (κ1) is 34.3.